The molecule has 0 fully saturated rings. The highest BCUT2D eigenvalue weighted by atomic mass is 79.9. The van der Waals surface area contributed by atoms with Gasteiger partial charge in [-0.05, 0) is 23.8 Å². The number of hydrogen-bond donors (Lipinski definition) is 0. The third kappa shape index (κ3) is 4.70. The van der Waals surface area contributed by atoms with Crippen LogP contribution in [0.4, 0.5) is 0 Å². The van der Waals surface area contributed by atoms with E-state index in [1.807, 2.05) is 84.9 Å². The van der Waals surface area contributed by atoms with E-state index >= 15 is 0 Å². The lowest BCUT2D eigenvalue weighted by molar-refractivity contribution is -0.125. The van der Waals surface area contributed by atoms with Gasteiger partial charge in [0.1, 0.15) is 0 Å². The minimum Gasteiger partial charge on any atom is -0.327 e. The van der Waals surface area contributed by atoms with Crippen LogP contribution in [0.3, 0.4) is 0 Å². The van der Waals surface area contributed by atoms with Crippen molar-refractivity contribution >= 4 is 39.6 Å². The SMILES string of the molecule is C=CC(=O)N(Cc1ccc(Br)cc1)CP(=O)(c1ccccc1)c1ccccc1. The Morgan fingerprint density at radius 1 is 0.893 bits per heavy atom. The number of carbonyl (C=O) groups is 1. The van der Waals surface area contributed by atoms with Crippen molar-refractivity contribution in [2.24, 2.45) is 0 Å². The van der Waals surface area contributed by atoms with E-state index in [1.165, 1.54) is 6.08 Å². The van der Waals surface area contributed by atoms with Crippen LogP contribution in [0.25, 0.3) is 0 Å². The molecule has 0 unspecified atom stereocenters. The van der Waals surface area contributed by atoms with Crippen LogP contribution in [0.1, 0.15) is 5.56 Å². The van der Waals surface area contributed by atoms with Crippen molar-refractivity contribution in [3.8, 4) is 0 Å². The number of hydrogen-bond acceptors (Lipinski definition) is 2. The van der Waals surface area contributed by atoms with E-state index in [9.17, 15) is 9.36 Å². The smallest absolute Gasteiger partial charge is 0.246 e. The van der Waals surface area contributed by atoms with Gasteiger partial charge in [-0.2, -0.15) is 0 Å². The van der Waals surface area contributed by atoms with Gasteiger partial charge in [0, 0.05) is 21.6 Å². The Kier molecular flexibility index (Phi) is 6.66. The Morgan fingerprint density at radius 2 is 1.39 bits per heavy atom. The molecule has 0 aliphatic carbocycles. The molecule has 3 aromatic carbocycles. The first-order chi connectivity index (χ1) is 13.5. The van der Waals surface area contributed by atoms with Gasteiger partial charge in [0.15, 0.2) is 7.14 Å². The van der Waals surface area contributed by atoms with E-state index in [0.29, 0.717) is 6.54 Å². The lowest BCUT2D eigenvalue weighted by Crippen LogP contribution is -2.34. The number of halogens is 1. The topological polar surface area (TPSA) is 37.4 Å². The van der Waals surface area contributed by atoms with Crippen LogP contribution in [0.15, 0.2) is 102 Å². The summed E-state index contributed by atoms with van der Waals surface area (Å²) in [4.78, 5) is 14.2. The average molecular weight is 454 g/mol. The van der Waals surface area contributed by atoms with Crippen molar-refractivity contribution < 1.29 is 9.36 Å². The predicted molar refractivity (Wildman–Crippen MR) is 120 cm³/mol. The van der Waals surface area contributed by atoms with E-state index in [4.69, 9.17) is 0 Å². The van der Waals surface area contributed by atoms with Crippen LogP contribution >= 0.6 is 23.1 Å². The van der Waals surface area contributed by atoms with Gasteiger partial charge in [-0.3, -0.25) is 4.79 Å². The second kappa shape index (κ2) is 9.18. The number of amides is 1. The maximum Gasteiger partial charge on any atom is 0.246 e. The average Bonchev–Trinajstić information content (AvgIpc) is 2.75. The molecule has 0 N–H and O–H groups in total. The first-order valence-electron chi connectivity index (χ1n) is 8.89. The van der Waals surface area contributed by atoms with Gasteiger partial charge in [0.2, 0.25) is 5.91 Å². The highest BCUT2D eigenvalue weighted by molar-refractivity contribution is 9.10. The van der Waals surface area contributed by atoms with E-state index in [-0.39, 0.29) is 12.2 Å². The number of nitrogens with zero attached hydrogens (tertiary/aromatic N) is 1. The van der Waals surface area contributed by atoms with E-state index in [2.05, 4.69) is 22.5 Å². The molecule has 3 rings (SSSR count). The number of benzene rings is 3. The molecule has 1 amide bonds. The molecule has 3 nitrogen and oxygen atoms in total. The summed E-state index contributed by atoms with van der Waals surface area (Å²) in [7, 11) is -3.05. The molecular formula is C23H21BrNO2P. The maximum absolute atomic E-state index is 14.3. The quantitative estimate of drug-likeness (QED) is 0.375. The van der Waals surface area contributed by atoms with Crippen molar-refractivity contribution in [3.63, 3.8) is 0 Å². The Bertz CT molecular complexity index is 945. The Morgan fingerprint density at radius 3 is 1.86 bits per heavy atom. The molecule has 0 atom stereocenters. The highest BCUT2D eigenvalue weighted by Gasteiger charge is 2.31. The summed E-state index contributed by atoms with van der Waals surface area (Å²) in [6.07, 6.45) is 1.39. The largest absolute Gasteiger partial charge is 0.327 e. The lowest BCUT2D eigenvalue weighted by atomic mass is 10.2. The predicted octanol–water partition coefficient (Wildman–Crippen LogP) is 4.94. The third-order valence-corrected chi connectivity index (χ3v) is 8.02. The highest BCUT2D eigenvalue weighted by Crippen LogP contribution is 2.44. The van der Waals surface area contributed by atoms with Crippen molar-refractivity contribution in [1.29, 1.82) is 0 Å². The second-order valence-corrected chi connectivity index (χ2v) is 10.1. The fraction of sp³-hybridized carbons (Fsp3) is 0.0870. The Balaban J connectivity index is 2.00. The first-order valence-corrected chi connectivity index (χ1v) is 11.6. The van der Waals surface area contributed by atoms with E-state index in [1.54, 1.807) is 4.90 Å². The van der Waals surface area contributed by atoms with Crippen LogP contribution in [0, 0.1) is 0 Å². The molecule has 0 bridgehead atoms. The van der Waals surface area contributed by atoms with Crippen LogP contribution < -0.4 is 10.6 Å². The van der Waals surface area contributed by atoms with E-state index in [0.717, 1.165) is 20.6 Å². The monoisotopic (exact) mass is 453 g/mol. The molecular weight excluding hydrogens is 433 g/mol. The van der Waals surface area contributed by atoms with Crippen LogP contribution in [0.2, 0.25) is 0 Å². The van der Waals surface area contributed by atoms with Gasteiger partial charge in [-0.1, -0.05) is 95.3 Å². The summed E-state index contributed by atoms with van der Waals surface area (Å²) in [5, 5.41) is 1.47. The molecule has 28 heavy (non-hydrogen) atoms. The van der Waals surface area contributed by atoms with Gasteiger partial charge in [0.05, 0.1) is 6.29 Å². The molecule has 0 aromatic heterocycles. The minimum atomic E-state index is -3.05. The fourth-order valence-electron chi connectivity index (χ4n) is 3.03. The lowest BCUT2D eigenvalue weighted by Gasteiger charge is -2.28. The molecule has 0 radical (unpaired) electrons. The fourth-order valence-corrected chi connectivity index (χ4v) is 5.94. The van der Waals surface area contributed by atoms with Crippen molar-refractivity contribution in [2.45, 2.75) is 6.54 Å². The molecule has 0 spiro atoms. The third-order valence-electron chi connectivity index (χ3n) is 4.49. The minimum absolute atomic E-state index is 0.113. The van der Waals surface area contributed by atoms with Gasteiger partial charge in [-0.15, -0.1) is 0 Å². The molecule has 0 saturated carbocycles. The number of carbonyl (C=O) groups excluding carboxylic acids is 1. The first kappa shape index (κ1) is 20.3. The zero-order valence-corrected chi connectivity index (χ0v) is 17.9. The summed E-state index contributed by atoms with van der Waals surface area (Å²) < 4.78 is 15.2. The molecule has 5 heteroatoms. The summed E-state index contributed by atoms with van der Waals surface area (Å²) >= 11 is 3.42. The van der Waals surface area contributed by atoms with Gasteiger partial charge in [-0.25, -0.2) is 0 Å². The van der Waals surface area contributed by atoms with E-state index < -0.39 is 7.14 Å². The summed E-state index contributed by atoms with van der Waals surface area (Å²) in [6.45, 7) is 3.99. The molecule has 0 aliphatic rings. The standard InChI is InChI=1S/C23H21BrNO2P/c1-2-23(26)25(17-19-13-15-20(24)16-14-19)18-28(27,21-9-5-3-6-10-21)22-11-7-4-8-12-22/h2-16H,1,17-18H2. The Hall–Kier alpha value is -2.42. The number of rotatable bonds is 7. The molecule has 142 valence electrons. The molecule has 0 aliphatic heterocycles. The molecule has 3 aromatic rings. The van der Waals surface area contributed by atoms with Gasteiger partial charge >= 0.3 is 0 Å². The van der Waals surface area contributed by atoms with Gasteiger partial charge < -0.3 is 9.46 Å². The second-order valence-electron chi connectivity index (χ2n) is 6.42. The zero-order valence-electron chi connectivity index (χ0n) is 15.4. The zero-order chi connectivity index (χ0) is 20.0. The van der Waals surface area contributed by atoms with Gasteiger partial charge in [0.25, 0.3) is 0 Å². The van der Waals surface area contributed by atoms with Crippen molar-refractivity contribution in [1.82, 2.24) is 4.90 Å². The summed E-state index contributed by atoms with van der Waals surface area (Å²) in [5.41, 5.74) is 0.964. The van der Waals surface area contributed by atoms with Crippen LogP contribution in [-0.4, -0.2) is 17.1 Å². The maximum atomic E-state index is 14.3. The normalized spacial score (nSPS) is 11.0. The molecule has 0 heterocycles. The van der Waals surface area contributed by atoms with Crippen molar-refractivity contribution in [2.75, 3.05) is 6.29 Å². The Labute approximate surface area is 174 Å². The summed E-state index contributed by atoms with van der Waals surface area (Å²) in [6, 6.07) is 26.5. The van der Waals surface area contributed by atoms with Crippen molar-refractivity contribution in [3.05, 3.63) is 108 Å². The van der Waals surface area contributed by atoms with Crippen LogP contribution in [0.5, 0.6) is 0 Å². The summed E-state index contributed by atoms with van der Waals surface area (Å²) in [5.74, 6) is -0.241. The molecule has 0 saturated heterocycles. The van der Waals surface area contributed by atoms with Crippen LogP contribution in [-0.2, 0) is 15.9 Å².